The van der Waals surface area contributed by atoms with E-state index in [9.17, 15) is 4.79 Å². The summed E-state index contributed by atoms with van der Waals surface area (Å²) in [6, 6.07) is 5.45. The van der Waals surface area contributed by atoms with Gasteiger partial charge in [-0.05, 0) is 24.3 Å². The molecule has 1 aliphatic heterocycles. The van der Waals surface area contributed by atoms with E-state index in [2.05, 4.69) is 21.0 Å². The third-order valence-corrected chi connectivity index (χ3v) is 3.42. The van der Waals surface area contributed by atoms with Crippen molar-refractivity contribution in [1.29, 1.82) is 0 Å². The number of hydrogen-bond donors (Lipinski definition) is 0. The summed E-state index contributed by atoms with van der Waals surface area (Å²) >= 11 is 3.37. The lowest BCUT2D eigenvalue weighted by Crippen LogP contribution is -2.18. The summed E-state index contributed by atoms with van der Waals surface area (Å²) in [6.45, 7) is 0.294. The highest BCUT2D eigenvalue weighted by Gasteiger charge is 2.23. The molecule has 1 aromatic heterocycles. The predicted octanol–water partition coefficient (Wildman–Crippen LogP) is 2.84. The first-order valence-corrected chi connectivity index (χ1v) is 6.59. The molecule has 0 aliphatic carbocycles. The van der Waals surface area contributed by atoms with Crippen molar-refractivity contribution in [1.82, 2.24) is 9.78 Å². The minimum Gasteiger partial charge on any atom is -0.488 e. The molecule has 0 atom stereocenters. The average molecular weight is 319 g/mol. The smallest absolute Gasteiger partial charge is 0.196 e. The average Bonchev–Trinajstić information content (AvgIpc) is 2.79. The number of nitrogens with zero attached hydrogens (tertiary/aromatic N) is 2. The van der Waals surface area contributed by atoms with E-state index in [1.807, 2.05) is 25.4 Å². The third-order valence-electron chi connectivity index (χ3n) is 2.93. The van der Waals surface area contributed by atoms with E-state index < -0.39 is 0 Å². The van der Waals surface area contributed by atoms with Crippen LogP contribution in [0.4, 0.5) is 0 Å². The Hall–Kier alpha value is -1.88. The van der Waals surface area contributed by atoms with Gasteiger partial charge in [-0.1, -0.05) is 15.9 Å². The Labute approximate surface area is 118 Å². The molecule has 0 N–H and O–H groups in total. The van der Waals surface area contributed by atoms with Crippen molar-refractivity contribution in [2.45, 2.75) is 0 Å². The highest BCUT2D eigenvalue weighted by atomic mass is 79.9. The van der Waals surface area contributed by atoms with Gasteiger partial charge in [0.25, 0.3) is 0 Å². The van der Waals surface area contributed by atoms with Gasteiger partial charge in [0, 0.05) is 28.9 Å². The number of rotatable bonds is 1. The molecule has 0 bridgehead atoms. The number of Topliss-reactive ketones (excluding diaryl/α,β-unsaturated/α-hetero) is 1. The molecule has 0 fully saturated rings. The molecule has 4 nitrogen and oxygen atoms in total. The first-order valence-electron chi connectivity index (χ1n) is 5.80. The van der Waals surface area contributed by atoms with E-state index in [0.29, 0.717) is 23.5 Å². The molecular formula is C14H11BrN2O2. The Balaban J connectivity index is 1.99. The second kappa shape index (κ2) is 4.66. The van der Waals surface area contributed by atoms with Crippen molar-refractivity contribution in [2.75, 3.05) is 6.61 Å². The van der Waals surface area contributed by atoms with Crippen LogP contribution in [0.5, 0.6) is 5.75 Å². The lowest BCUT2D eigenvalue weighted by atomic mass is 9.99. The Morgan fingerprint density at radius 2 is 2.32 bits per heavy atom. The Morgan fingerprint density at radius 1 is 1.47 bits per heavy atom. The fourth-order valence-electron chi connectivity index (χ4n) is 2.02. The molecule has 19 heavy (non-hydrogen) atoms. The summed E-state index contributed by atoms with van der Waals surface area (Å²) in [6.07, 6.45) is 5.40. The number of ether oxygens (including phenoxy) is 1. The molecule has 0 amide bonds. The van der Waals surface area contributed by atoms with Crippen molar-refractivity contribution in [3.63, 3.8) is 0 Å². The van der Waals surface area contributed by atoms with E-state index in [1.165, 1.54) is 0 Å². The molecule has 1 aromatic carbocycles. The Kier molecular flexibility index (Phi) is 2.98. The van der Waals surface area contributed by atoms with Crippen molar-refractivity contribution < 1.29 is 9.53 Å². The lowest BCUT2D eigenvalue weighted by molar-refractivity contribution is 0.100. The molecule has 3 rings (SSSR count). The van der Waals surface area contributed by atoms with Gasteiger partial charge in [-0.2, -0.15) is 5.10 Å². The summed E-state index contributed by atoms with van der Waals surface area (Å²) in [7, 11) is 1.84. The maximum absolute atomic E-state index is 12.4. The van der Waals surface area contributed by atoms with Crippen molar-refractivity contribution >= 4 is 27.8 Å². The molecule has 0 spiro atoms. The number of hydrogen-bond acceptors (Lipinski definition) is 3. The van der Waals surface area contributed by atoms with Gasteiger partial charge >= 0.3 is 0 Å². The van der Waals surface area contributed by atoms with Gasteiger partial charge in [0.1, 0.15) is 12.4 Å². The number of fused-ring (bicyclic) bond motifs is 1. The van der Waals surface area contributed by atoms with Crippen LogP contribution in [-0.4, -0.2) is 22.2 Å². The standard InChI is InChI=1S/C14H11BrN2O2/c1-17-7-9(6-16-17)4-10-8-19-13-3-2-11(15)5-12(13)14(10)18/h2-7H,8H2,1H3/b10-4+. The Bertz CT molecular complexity index is 689. The van der Waals surface area contributed by atoms with Gasteiger partial charge in [-0.3, -0.25) is 9.48 Å². The summed E-state index contributed by atoms with van der Waals surface area (Å²) in [5.41, 5.74) is 2.13. The zero-order valence-corrected chi connectivity index (χ0v) is 11.8. The summed E-state index contributed by atoms with van der Waals surface area (Å²) < 4.78 is 8.17. The second-order valence-electron chi connectivity index (χ2n) is 4.38. The van der Waals surface area contributed by atoms with Crippen LogP contribution in [0.25, 0.3) is 6.08 Å². The van der Waals surface area contributed by atoms with E-state index in [0.717, 1.165) is 10.0 Å². The third kappa shape index (κ3) is 2.33. The van der Waals surface area contributed by atoms with Crippen LogP contribution in [0.3, 0.4) is 0 Å². The zero-order valence-electron chi connectivity index (χ0n) is 10.3. The van der Waals surface area contributed by atoms with Crippen molar-refractivity contribution in [2.24, 2.45) is 7.05 Å². The zero-order chi connectivity index (χ0) is 13.4. The van der Waals surface area contributed by atoms with Gasteiger partial charge in [-0.25, -0.2) is 0 Å². The number of aromatic nitrogens is 2. The van der Waals surface area contributed by atoms with E-state index >= 15 is 0 Å². The topological polar surface area (TPSA) is 44.1 Å². The largest absolute Gasteiger partial charge is 0.488 e. The summed E-state index contributed by atoms with van der Waals surface area (Å²) in [5, 5.41) is 4.08. The fourth-order valence-corrected chi connectivity index (χ4v) is 2.38. The second-order valence-corrected chi connectivity index (χ2v) is 5.29. The number of carbonyl (C=O) groups excluding carboxylic acids is 1. The number of carbonyl (C=O) groups is 1. The van der Waals surface area contributed by atoms with Crippen molar-refractivity contribution in [3.05, 3.63) is 51.8 Å². The van der Waals surface area contributed by atoms with Crippen LogP contribution in [0.1, 0.15) is 15.9 Å². The molecule has 1 aliphatic rings. The van der Waals surface area contributed by atoms with Crippen LogP contribution in [0.15, 0.2) is 40.6 Å². The predicted molar refractivity (Wildman–Crippen MR) is 75.2 cm³/mol. The normalized spacial score (nSPS) is 16.3. The van der Waals surface area contributed by atoms with Crippen LogP contribution in [0.2, 0.25) is 0 Å². The minimum atomic E-state index is 0.00593. The quantitative estimate of drug-likeness (QED) is 0.759. The number of aryl methyl sites for hydroxylation is 1. The van der Waals surface area contributed by atoms with Gasteiger partial charge in [0.2, 0.25) is 0 Å². The van der Waals surface area contributed by atoms with Crippen molar-refractivity contribution in [3.8, 4) is 5.75 Å². The van der Waals surface area contributed by atoms with Gasteiger partial charge in [-0.15, -0.1) is 0 Å². The molecule has 0 radical (unpaired) electrons. The Morgan fingerprint density at radius 3 is 3.05 bits per heavy atom. The maximum Gasteiger partial charge on any atom is 0.196 e. The number of ketones is 1. The van der Waals surface area contributed by atoms with Gasteiger partial charge in [0.05, 0.1) is 11.8 Å². The molecule has 2 heterocycles. The summed E-state index contributed by atoms with van der Waals surface area (Å²) in [4.78, 5) is 12.4. The number of halogens is 1. The maximum atomic E-state index is 12.4. The van der Waals surface area contributed by atoms with E-state index in [1.54, 1.807) is 23.0 Å². The van der Waals surface area contributed by atoms with Gasteiger partial charge < -0.3 is 4.74 Å². The van der Waals surface area contributed by atoms with E-state index in [4.69, 9.17) is 4.74 Å². The van der Waals surface area contributed by atoms with Gasteiger partial charge in [0.15, 0.2) is 5.78 Å². The van der Waals surface area contributed by atoms with Crippen LogP contribution in [-0.2, 0) is 7.05 Å². The minimum absolute atomic E-state index is 0.00593. The molecule has 96 valence electrons. The molecule has 0 saturated carbocycles. The first-order chi connectivity index (χ1) is 9.13. The SMILES string of the molecule is Cn1cc(/C=C2\COc3ccc(Br)cc3C2=O)cn1. The van der Waals surface area contributed by atoms with Crippen LogP contribution >= 0.6 is 15.9 Å². The fraction of sp³-hybridized carbons (Fsp3) is 0.143. The first kappa shape index (κ1) is 12.2. The lowest BCUT2D eigenvalue weighted by Gasteiger charge is -2.18. The molecule has 0 saturated heterocycles. The molecule has 0 unspecified atom stereocenters. The van der Waals surface area contributed by atoms with Crippen LogP contribution < -0.4 is 4.74 Å². The molecular weight excluding hydrogens is 308 g/mol. The molecule has 2 aromatic rings. The highest BCUT2D eigenvalue weighted by molar-refractivity contribution is 9.10. The monoisotopic (exact) mass is 318 g/mol. The number of benzene rings is 1. The summed E-state index contributed by atoms with van der Waals surface area (Å²) in [5.74, 6) is 0.642. The highest BCUT2D eigenvalue weighted by Crippen LogP contribution is 2.30. The van der Waals surface area contributed by atoms with E-state index in [-0.39, 0.29) is 5.78 Å². The van der Waals surface area contributed by atoms with Crippen LogP contribution in [0, 0.1) is 0 Å². The molecule has 5 heteroatoms.